The Morgan fingerprint density at radius 1 is 1.13 bits per heavy atom. The number of esters is 2. The van der Waals surface area contributed by atoms with E-state index in [0.717, 1.165) is 11.1 Å². The van der Waals surface area contributed by atoms with Crippen molar-refractivity contribution in [3.05, 3.63) is 87.8 Å². The molecule has 6 nitrogen and oxygen atoms in total. The summed E-state index contributed by atoms with van der Waals surface area (Å²) >= 11 is 0. The molecule has 4 rings (SSSR count). The fraction of sp³-hybridized carbons (Fsp3) is 0.280. The first-order chi connectivity index (χ1) is 15.0. The summed E-state index contributed by atoms with van der Waals surface area (Å²) in [5.41, 5.74) is 5.08. The Morgan fingerprint density at radius 2 is 1.87 bits per heavy atom. The highest BCUT2D eigenvalue weighted by molar-refractivity contribution is 6.01. The number of aryl methyl sites for hydroxylation is 1. The summed E-state index contributed by atoms with van der Waals surface area (Å²) in [6.07, 6.45) is 0. The van der Waals surface area contributed by atoms with E-state index in [1.54, 1.807) is 6.92 Å². The molecule has 1 atom stereocenters. The smallest absolute Gasteiger partial charge is 0.337 e. The largest absolute Gasteiger partial charge is 0.489 e. The zero-order chi connectivity index (χ0) is 22.0. The van der Waals surface area contributed by atoms with Gasteiger partial charge in [0.2, 0.25) is 0 Å². The van der Waals surface area contributed by atoms with Crippen molar-refractivity contribution in [3.63, 3.8) is 0 Å². The number of hydrogen-bond acceptors (Lipinski definition) is 6. The van der Waals surface area contributed by atoms with Gasteiger partial charge < -0.3 is 19.5 Å². The van der Waals surface area contributed by atoms with Crippen molar-refractivity contribution in [2.24, 2.45) is 0 Å². The standard InChI is InChI=1S/C25H25NO5/c1-4-29-24(27)21-16(3)26-19-14-31-25(28)23(19)22(21)18-7-5-6-8-20(18)30-13-17-11-9-15(2)10-12-17/h5-12,22,26H,4,13-14H2,1-3H3. The highest BCUT2D eigenvalue weighted by Gasteiger charge is 2.42. The van der Waals surface area contributed by atoms with Crippen molar-refractivity contribution in [1.29, 1.82) is 0 Å². The van der Waals surface area contributed by atoms with Crippen LogP contribution in [0.4, 0.5) is 0 Å². The summed E-state index contributed by atoms with van der Waals surface area (Å²) in [7, 11) is 0. The topological polar surface area (TPSA) is 73.9 Å². The third kappa shape index (κ3) is 4.06. The summed E-state index contributed by atoms with van der Waals surface area (Å²) in [5, 5.41) is 3.15. The van der Waals surface area contributed by atoms with Crippen LogP contribution in [0.15, 0.2) is 71.1 Å². The van der Waals surface area contributed by atoms with Crippen molar-refractivity contribution in [1.82, 2.24) is 5.32 Å². The summed E-state index contributed by atoms with van der Waals surface area (Å²) in [6.45, 7) is 6.37. The highest BCUT2D eigenvalue weighted by Crippen LogP contribution is 2.44. The van der Waals surface area contributed by atoms with Gasteiger partial charge in [0.25, 0.3) is 0 Å². The third-order valence-electron chi connectivity index (χ3n) is 5.45. The van der Waals surface area contributed by atoms with E-state index in [2.05, 4.69) is 5.32 Å². The molecule has 2 aromatic carbocycles. The maximum atomic E-state index is 12.9. The number of hydrogen-bond donors (Lipinski definition) is 1. The van der Waals surface area contributed by atoms with Crippen molar-refractivity contribution in [3.8, 4) is 5.75 Å². The molecule has 0 fully saturated rings. The molecule has 0 radical (unpaired) electrons. The minimum atomic E-state index is -0.625. The first-order valence-electron chi connectivity index (χ1n) is 10.3. The Balaban J connectivity index is 1.74. The van der Waals surface area contributed by atoms with Gasteiger partial charge in [-0.3, -0.25) is 0 Å². The summed E-state index contributed by atoms with van der Waals surface area (Å²) < 4.78 is 16.7. The number of cyclic esters (lactones) is 1. The van der Waals surface area contributed by atoms with Crippen LogP contribution in [-0.2, 0) is 25.7 Å². The second-order valence-electron chi connectivity index (χ2n) is 7.60. The summed E-state index contributed by atoms with van der Waals surface area (Å²) in [5.74, 6) is -0.914. The van der Waals surface area contributed by atoms with E-state index in [1.807, 2.05) is 62.4 Å². The molecule has 0 bridgehead atoms. The molecule has 0 saturated heterocycles. The quantitative estimate of drug-likeness (QED) is 0.716. The number of dihydropyridines is 1. The molecule has 0 saturated carbocycles. The molecule has 2 aliphatic rings. The average Bonchev–Trinajstić information content (AvgIpc) is 3.13. The molecule has 0 spiro atoms. The van der Waals surface area contributed by atoms with Crippen molar-refractivity contribution >= 4 is 11.9 Å². The maximum absolute atomic E-state index is 12.9. The number of benzene rings is 2. The van der Waals surface area contributed by atoms with Gasteiger partial charge in [0, 0.05) is 11.3 Å². The van der Waals surface area contributed by atoms with Gasteiger partial charge in [-0.1, -0.05) is 48.0 Å². The minimum absolute atomic E-state index is 0.157. The Kier molecular flexibility index (Phi) is 5.80. The monoisotopic (exact) mass is 419 g/mol. The van der Waals surface area contributed by atoms with Gasteiger partial charge in [-0.05, 0) is 32.4 Å². The van der Waals surface area contributed by atoms with Gasteiger partial charge in [-0.25, -0.2) is 9.59 Å². The van der Waals surface area contributed by atoms with Crippen LogP contribution < -0.4 is 10.1 Å². The van der Waals surface area contributed by atoms with Crippen LogP contribution in [0.25, 0.3) is 0 Å². The molecular weight excluding hydrogens is 394 g/mol. The maximum Gasteiger partial charge on any atom is 0.337 e. The Morgan fingerprint density at radius 3 is 2.61 bits per heavy atom. The number of rotatable bonds is 6. The van der Waals surface area contributed by atoms with E-state index in [4.69, 9.17) is 14.2 Å². The minimum Gasteiger partial charge on any atom is -0.489 e. The van der Waals surface area contributed by atoms with Crippen LogP contribution >= 0.6 is 0 Å². The molecule has 2 aromatic rings. The van der Waals surface area contributed by atoms with Gasteiger partial charge in [0.1, 0.15) is 19.0 Å². The number of nitrogens with one attached hydrogen (secondary N) is 1. The summed E-state index contributed by atoms with van der Waals surface area (Å²) in [6, 6.07) is 15.6. The van der Waals surface area contributed by atoms with E-state index in [-0.39, 0.29) is 13.2 Å². The predicted molar refractivity (Wildman–Crippen MR) is 115 cm³/mol. The van der Waals surface area contributed by atoms with E-state index in [9.17, 15) is 9.59 Å². The van der Waals surface area contributed by atoms with Crippen LogP contribution in [0.3, 0.4) is 0 Å². The van der Waals surface area contributed by atoms with E-state index in [1.165, 1.54) is 5.56 Å². The lowest BCUT2D eigenvalue weighted by molar-refractivity contribution is -0.138. The van der Waals surface area contributed by atoms with E-state index < -0.39 is 17.9 Å². The molecule has 0 aromatic heterocycles. The van der Waals surface area contributed by atoms with Crippen LogP contribution in [0.2, 0.25) is 0 Å². The molecule has 0 amide bonds. The van der Waals surface area contributed by atoms with E-state index in [0.29, 0.717) is 34.9 Å². The lowest BCUT2D eigenvalue weighted by Crippen LogP contribution is -2.30. The number of para-hydroxylation sites is 1. The number of carbonyl (C=O) groups is 2. The number of allylic oxidation sites excluding steroid dienone is 1. The van der Waals surface area contributed by atoms with Crippen molar-refractivity contribution in [2.75, 3.05) is 13.2 Å². The Labute approximate surface area is 181 Å². The molecule has 6 heteroatoms. The Bertz CT molecular complexity index is 1080. The van der Waals surface area contributed by atoms with Crippen molar-refractivity contribution < 1.29 is 23.8 Å². The second kappa shape index (κ2) is 8.68. The van der Waals surface area contributed by atoms with Crippen LogP contribution in [0.1, 0.15) is 36.5 Å². The highest BCUT2D eigenvalue weighted by atomic mass is 16.5. The lowest BCUT2D eigenvalue weighted by atomic mass is 9.80. The lowest BCUT2D eigenvalue weighted by Gasteiger charge is -2.28. The first kappa shape index (κ1) is 20.7. The van der Waals surface area contributed by atoms with Gasteiger partial charge in [0.15, 0.2) is 0 Å². The SMILES string of the molecule is CCOC(=O)C1=C(C)NC2=C(C(=O)OC2)C1c1ccccc1OCc1ccc(C)cc1. The third-order valence-corrected chi connectivity index (χ3v) is 5.45. The first-order valence-corrected chi connectivity index (χ1v) is 10.3. The zero-order valence-corrected chi connectivity index (χ0v) is 17.9. The van der Waals surface area contributed by atoms with Gasteiger partial charge >= 0.3 is 11.9 Å². The van der Waals surface area contributed by atoms with Crippen LogP contribution in [0, 0.1) is 6.92 Å². The molecular formula is C25H25NO5. The molecule has 1 N–H and O–H groups in total. The van der Waals surface area contributed by atoms with Crippen molar-refractivity contribution in [2.45, 2.75) is 33.3 Å². The van der Waals surface area contributed by atoms with Crippen LogP contribution in [-0.4, -0.2) is 25.2 Å². The van der Waals surface area contributed by atoms with Gasteiger partial charge in [-0.15, -0.1) is 0 Å². The molecule has 2 heterocycles. The molecule has 2 aliphatic heterocycles. The Hall–Kier alpha value is -3.54. The molecule has 1 unspecified atom stereocenters. The number of carbonyl (C=O) groups excluding carboxylic acids is 2. The van der Waals surface area contributed by atoms with Gasteiger partial charge in [0.05, 0.1) is 29.4 Å². The summed E-state index contributed by atoms with van der Waals surface area (Å²) in [4.78, 5) is 25.5. The predicted octanol–water partition coefficient (Wildman–Crippen LogP) is 3.91. The molecule has 0 aliphatic carbocycles. The normalized spacial score (nSPS) is 17.8. The number of ether oxygens (including phenoxy) is 3. The second-order valence-corrected chi connectivity index (χ2v) is 7.60. The molecule has 31 heavy (non-hydrogen) atoms. The molecule has 160 valence electrons. The van der Waals surface area contributed by atoms with E-state index >= 15 is 0 Å². The fourth-order valence-corrected chi connectivity index (χ4v) is 3.95. The average molecular weight is 419 g/mol. The van der Waals surface area contributed by atoms with Crippen LogP contribution in [0.5, 0.6) is 5.75 Å². The zero-order valence-electron chi connectivity index (χ0n) is 17.9. The fourth-order valence-electron chi connectivity index (χ4n) is 3.95. The van der Waals surface area contributed by atoms with Gasteiger partial charge in [-0.2, -0.15) is 0 Å².